The van der Waals surface area contributed by atoms with Gasteiger partial charge in [0.1, 0.15) is 0 Å². The zero-order valence-electron chi connectivity index (χ0n) is 15.2. The lowest BCUT2D eigenvalue weighted by Crippen LogP contribution is -2.43. The molecule has 138 valence electrons. The van der Waals surface area contributed by atoms with Gasteiger partial charge >= 0.3 is 0 Å². The number of ether oxygens (including phenoxy) is 1. The second-order valence-corrected chi connectivity index (χ2v) is 7.37. The van der Waals surface area contributed by atoms with Crippen molar-refractivity contribution in [3.05, 3.63) is 57.6 Å². The van der Waals surface area contributed by atoms with E-state index in [0.29, 0.717) is 10.2 Å². The predicted octanol–water partition coefficient (Wildman–Crippen LogP) is 3.62. The molecule has 0 bridgehead atoms. The highest BCUT2D eigenvalue weighted by Crippen LogP contribution is 2.34. The van der Waals surface area contributed by atoms with Crippen molar-refractivity contribution in [3.8, 4) is 11.5 Å². The zero-order valence-corrected chi connectivity index (χ0v) is 16.7. The van der Waals surface area contributed by atoms with Gasteiger partial charge in [0.05, 0.1) is 17.8 Å². The first kappa shape index (κ1) is 18.7. The molecule has 0 amide bonds. The normalized spacial score (nSPS) is 15.6. The monoisotopic (exact) mass is 417 g/mol. The van der Waals surface area contributed by atoms with Gasteiger partial charge in [-0.2, -0.15) is 5.10 Å². The van der Waals surface area contributed by atoms with E-state index in [1.54, 1.807) is 6.07 Å². The smallest absolute Gasteiger partial charge is 0.172 e. The Hall–Kier alpha value is -2.05. The molecular weight excluding hydrogens is 394 g/mol. The molecule has 6 heteroatoms. The molecule has 2 aromatic carbocycles. The molecule has 1 aliphatic heterocycles. The summed E-state index contributed by atoms with van der Waals surface area (Å²) in [5.74, 6) is 0.540. The highest BCUT2D eigenvalue weighted by Gasteiger charge is 2.15. The van der Waals surface area contributed by atoms with Crippen LogP contribution in [0.25, 0.3) is 0 Å². The Morgan fingerprint density at radius 1 is 1.15 bits per heavy atom. The highest BCUT2D eigenvalue weighted by molar-refractivity contribution is 9.10. The van der Waals surface area contributed by atoms with E-state index in [1.165, 1.54) is 18.2 Å². The van der Waals surface area contributed by atoms with Crippen LogP contribution in [0.3, 0.4) is 0 Å². The molecule has 5 nitrogen and oxygen atoms in total. The molecule has 0 aliphatic carbocycles. The van der Waals surface area contributed by atoms with Crippen molar-refractivity contribution in [1.82, 2.24) is 9.91 Å². The van der Waals surface area contributed by atoms with Gasteiger partial charge in [0, 0.05) is 32.7 Å². The molecule has 26 heavy (non-hydrogen) atoms. The van der Waals surface area contributed by atoms with Gasteiger partial charge < -0.3 is 9.84 Å². The maximum Gasteiger partial charge on any atom is 0.172 e. The molecule has 1 aliphatic rings. The van der Waals surface area contributed by atoms with Crippen molar-refractivity contribution in [2.24, 2.45) is 5.10 Å². The SMILES string of the molecule is COc1cc(C=NN2CCN(Cc3ccc(C)cc3)CC2)cc(Br)c1O. The Kier molecular flexibility index (Phi) is 6.16. The summed E-state index contributed by atoms with van der Waals surface area (Å²) in [7, 11) is 1.54. The molecule has 0 atom stereocenters. The summed E-state index contributed by atoms with van der Waals surface area (Å²) in [5, 5.41) is 16.5. The van der Waals surface area contributed by atoms with Crippen LogP contribution in [0, 0.1) is 6.92 Å². The molecule has 1 fully saturated rings. The summed E-state index contributed by atoms with van der Waals surface area (Å²) in [4.78, 5) is 2.46. The van der Waals surface area contributed by atoms with Crippen LogP contribution in [0.1, 0.15) is 16.7 Å². The van der Waals surface area contributed by atoms with Crippen molar-refractivity contribution in [3.63, 3.8) is 0 Å². The fraction of sp³-hybridized carbons (Fsp3) is 0.350. The molecule has 1 heterocycles. The van der Waals surface area contributed by atoms with E-state index in [-0.39, 0.29) is 5.75 Å². The molecule has 0 aromatic heterocycles. The third kappa shape index (κ3) is 4.77. The maximum absolute atomic E-state index is 9.87. The minimum Gasteiger partial charge on any atom is -0.503 e. The number of phenols is 1. The van der Waals surface area contributed by atoms with Gasteiger partial charge in [-0.1, -0.05) is 29.8 Å². The van der Waals surface area contributed by atoms with Crippen LogP contribution < -0.4 is 4.74 Å². The van der Waals surface area contributed by atoms with Gasteiger partial charge in [-0.05, 0) is 46.1 Å². The molecule has 0 unspecified atom stereocenters. The summed E-state index contributed by atoms with van der Waals surface area (Å²) in [5.41, 5.74) is 3.53. The van der Waals surface area contributed by atoms with Crippen LogP contribution in [0.15, 0.2) is 46.0 Å². The largest absolute Gasteiger partial charge is 0.503 e. The minimum absolute atomic E-state index is 0.106. The van der Waals surface area contributed by atoms with Crippen LogP contribution >= 0.6 is 15.9 Å². The lowest BCUT2D eigenvalue weighted by Gasteiger charge is -2.33. The number of benzene rings is 2. The Morgan fingerprint density at radius 3 is 2.50 bits per heavy atom. The summed E-state index contributed by atoms with van der Waals surface area (Å²) >= 11 is 3.34. The molecule has 2 aromatic rings. The number of hydrogen-bond donors (Lipinski definition) is 1. The maximum atomic E-state index is 9.87. The van der Waals surface area contributed by atoms with Crippen LogP contribution in [-0.2, 0) is 6.54 Å². The molecule has 1 N–H and O–H groups in total. The number of rotatable bonds is 5. The van der Waals surface area contributed by atoms with Gasteiger partial charge in [0.15, 0.2) is 11.5 Å². The van der Waals surface area contributed by atoms with Gasteiger partial charge in [-0.25, -0.2) is 0 Å². The molecule has 1 saturated heterocycles. The van der Waals surface area contributed by atoms with Crippen LogP contribution in [-0.4, -0.2) is 54.5 Å². The quantitative estimate of drug-likeness (QED) is 0.754. The Bertz CT molecular complexity index is 769. The first-order chi connectivity index (χ1) is 12.5. The number of methoxy groups -OCH3 is 1. The molecule has 0 radical (unpaired) electrons. The average Bonchev–Trinajstić information content (AvgIpc) is 2.65. The van der Waals surface area contributed by atoms with Crippen molar-refractivity contribution < 1.29 is 9.84 Å². The standard InChI is InChI=1S/C20H24BrN3O2/c1-15-3-5-16(6-4-15)14-23-7-9-24(10-8-23)22-13-17-11-18(21)20(25)19(12-17)26-2/h3-6,11-13,25H,7-10,14H2,1-2H3. The van der Waals surface area contributed by atoms with Crippen LogP contribution in [0.4, 0.5) is 0 Å². The van der Waals surface area contributed by atoms with E-state index in [4.69, 9.17) is 4.74 Å². The first-order valence-electron chi connectivity index (χ1n) is 8.68. The fourth-order valence-electron chi connectivity index (χ4n) is 2.93. The van der Waals surface area contributed by atoms with E-state index >= 15 is 0 Å². The summed E-state index contributed by atoms with van der Waals surface area (Å²) in [6.07, 6.45) is 1.81. The number of nitrogens with zero attached hydrogens (tertiary/aromatic N) is 3. The Labute approximate surface area is 163 Å². The topological polar surface area (TPSA) is 48.3 Å². The van der Waals surface area contributed by atoms with E-state index < -0.39 is 0 Å². The van der Waals surface area contributed by atoms with Gasteiger partial charge in [0.25, 0.3) is 0 Å². The lowest BCUT2D eigenvalue weighted by molar-refractivity contribution is 0.131. The van der Waals surface area contributed by atoms with E-state index in [0.717, 1.165) is 38.3 Å². The first-order valence-corrected chi connectivity index (χ1v) is 9.48. The lowest BCUT2D eigenvalue weighted by atomic mass is 10.1. The number of hydrogen-bond acceptors (Lipinski definition) is 5. The minimum atomic E-state index is 0.106. The van der Waals surface area contributed by atoms with Crippen molar-refractivity contribution in [2.75, 3.05) is 33.3 Å². The molecule has 0 spiro atoms. The second kappa shape index (κ2) is 8.56. The van der Waals surface area contributed by atoms with E-state index in [1.807, 2.05) is 12.3 Å². The van der Waals surface area contributed by atoms with Crippen molar-refractivity contribution in [1.29, 1.82) is 0 Å². The number of hydrazone groups is 1. The Morgan fingerprint density at radius 2 is 1.85 bits per heavy atom. The third-order valence-electron chi connectivity index (χ3n) is 4.52. The van der Waals surface area contributed by atoms with E-state index in [2.05, 4.69) is 62.1 Å². The fourth-order valence-corrected chi connectivity index (χ4v) is 3.39. The second-order valence-electron chi connectivity index (χ2n) is 6.51. The molecular formula is C20H24BrN3O2. The Balaban J connectivity index is 1.54. The number of halogens is 1. The van der Waals surface area contributed by atoms with Gasteiger partial charge in [-0.15, -0.1) is 0 Å². The van der Waals surface area contributed by atoms with Crippen molar-refractivity contribution in [2.45, 2.75) is 13.5 Å². The average molecular weight is 418 g/mol. The number of aryl methyl sites for hydroxylation is 1. The van der Waals surface area contributed by atoms with Crippen LogP contribution in [0.2, 0.25) is 0 Å². The molecule has 3 rings (SSSR count). The predicted molar refractivity (Wildman–Crippen MR) is 108 cm³/mol. The summed E-state index contributed by atoms with van der Waals surface area (Å²) in [6.45, 7) is 6.89. The summed E-state index contributed by atoms with van der Waals surface area (Å²) < 4.78 is 5.77. The van der Waals surface area contributed by atoms with Crippen LogP contribution in [0.5, 0.6) is 11.5 Å². The summed E-state index contributed by atoms with van der Waals surface area (Å²) in [6, 6.07) is 12.3. The van der Waals surface area contributed by atoms with Crippen molar-refractivity contribution >= 4 is 22.1 Å². The zero-order chi connectivity index (χ0) is 18.5. The number of piperazine rings is 1. The third-order valence-corrected chi connectivity index (χ3v) is 5.12. The highest BCUT2D eigenvalue weighted by atomic mass is 79.9. The van der Waals surface area contributed by atoms with E-state index in [9.17, 15) is 5.11 Å². The van der Waals surface area contributed by atoms with Gasteiger partial charge in [0.2, 0.25) is 0 Å². The number of aromatic hydroxyl groups is 1. The molecule has 0 saturated carbocycles. The van der Waals surface area contributed by atoms with Gasteiger partial charge in [-0.3, -0.25) is 9.91 Å². The number of phenolic OH excluding ortho intramolecular Hbond substituents is 1.